The number of nitrogens with zero attached hydrogens (tertiary/aromatic N) is 1. The molecule has 1 unspecified atom stereocenters. The molecule has 0 aromatic carbocycles. The molecule has 100 valence electrons. The Balaban J connectivity index is 3.03. The summed E-state index contributed by atoms with van der Waals surface area (Å²) in [5.41, 5.74) is 5.02. The molecule has 0 radical (unpaired) electrons. The summed E-state index contributed by atoms with van der Waals surface area (Å²) in [6, 6.07) is 3.19. The number of nitrogens with two attached hydrogens (primary N) is 1. The van der Waals surface area contributed by atoms with Gasteiger partial charge in [0.25, 0.3) is 11.5 Å². The van der Waals surface area contributed by atoms with Crippen molar-refractivity contribution < 1.29 is 4.79 Å². The molecule has 0 spiro atoms. The predicted molar refractivity (Wildman–Crippen MR) is 71.4 cm³/mol. The molecule has 18 heavy (non-hydrogen) atoms. The van der Waals surface area contributed by atoms with Crippen LogP contribution in [0.15, 0.2) is 23.1 Å². The standard InChI is InChI=1S/C13H21N3O2/c1-9(2)13(3,8-14)15-11(17)10-6-5-7-16(4)12(10)18/h5-7,9H,8,14H2,1-4H3,(H,15,17). The fraction of sp³-hybridized carbons (Fsp3) is 0.538. The second-order valence-electron chi connectivity index (χ2n) is 5.07. The second kappa shape index (κ2) is 5.35. The Bertz CT molecular complexity index is 493. The first kappa shape index (κ1) is 14.4. The SMILES string of the molecule is CC(C)C(C)(CN)NC(=O)c1cccn(C)c1=O. The van der Waals surface area contributed by atoms with Crippen LogP contribution in [0, 0.1) is 5.92 Å². The van der Waals surface area contributed by atoms with E-state index in [1.165, 1.54) is 10.6 Å². The minimum absolute atomic E-state index is 0.139. The highest BCUT2D eigenvalue weighted by atomic mass is 16.2. The van der Waals surface area contributed by atoms with Crippen LogP contribution in [0.5, 0.6) is 0 Å². The summed E-state index contributed by atoms with van der Waals surface area (Å²) in [6.45, 7) is 6.17. The average Bonchev–Trinajstić information content (AvgIpc) is 2.32. The summed E-state index contributed by atoms with van der Waals surface area (Å²) >= 11 is 0. The fourth-order valence-electron chi connectivity index (χ4n) is 1.53. The Morgan fingerprint density at radius 1 is 1.56 bits per heavy atom. The third-order valence-electron chi connectivity index (χ3n) is 3.47. The molecule has 1 amide bonds. The summed E-state index contributed by atoms with van der Waals surface area (Å²) in [5.74, 6) is -0.197. The third-order valence-corrected chi connectivity index (χ3v) is 3.47. The Morgan fingerprint density at radius 3 is 2.67 bits per heavy atom. The molecular formula is C13H21N3O2. The number of rotatable bonds is 4. The molecule has 0 aliphatic heterocycles. The van der Waals surface area contributed by atoms with E-state index in [9.17, 15) is 9.59 Å². The number of hydrogen-bond donors (Lipinski definition) is 2. The summed E-state index contributed by atoms with van der Waals surface area (Å²) in [4.78, 5) is 23.9. The lowest BCUT2D eigenvalue weighted by molar-refractivity contribution is 0.0881. The highest BCUT2D eigenvalue weighted by Gasteiger charge is 2.29. The van der Waals surface area contributed by atoms with Crippen molar-refractivity contribution >= 4 is 5.91 Å². The molecule has 0 aliphatic carbocycles. The first-order chi connectivity index (χ1) is 8.31. The van der Waals surface area contributed by atoms with E-state index < -0.39 is 5.54 Å². The van der Waals surface area contributed by atoms with Gasteiger partial charge in [0.15, 0.2) is 0 Å². The van der Waals surface area contributed by atoms with Crippen molar-refractivity contribution in [3.8, 4) is 0 Å². The summed E-state index contributed by atoms with van der Waals surface area (Å²) in [7, 11) is 1.61. The van der Waals surface area contributed by atoms with E-state index in [4.69, 9.17) is 5.73 Å². The first-order valence-corrected chi connectivity index (χ1v) is 6.00. The third kappa shape index (κ3) is 2.79. The van der Waals surface area contributed by atoms with Gasteiger partial charge < -0.3 is 15.6 Å². The van der Waals surface area contributed by atoms with Crippen molar-refractivity contribution in [1.29, 1.82) is 0 Å². The smallest absolute Gasteiger partial charge is 0.263 e. The van der Waals surface area contributed by atoms with Crippen molar-refractivity contribution in [3.63, 3.8) is 0 Å². The van der Waals surface area contributed by atoms with Crippen LogP contribution >= 0.6 is 0 Å². The number of carbonyl (C=O) groups excluding carboxylic acids is 1. The van der Waals surface area contributed by atoms with E-state index >= 15 is 0 Å². The van der Waals surface area contributed by atoms with Crippen LogP contribution in [0.2, 0.25) is 0 Å². The molecule has 1 aromatic rings. The van der Waals surface area contributed by atoms with Crippen molar-refractivity contribution in [2.45, 2.75) is 26.3 Å². The van der Waals surface area contributed by atoms with Gasteiger partial charge in [-0.3, -0.25) is 9.59 Å². The van der Waals surface area contributed by atoms with Gasteiger partial charge in [-0.1, -0.05) is 13.8 Å². The number of amides is 1. The zero-order valence-corrected chi connectivity index (χ0v) is 11.4. The quantitative estimate of drug-likeness (QED) is 0.817. The van der Waals surface area contributed by atoms with Gasteiger partial charge in [-0.25, -0.2) is 0 Å². The van der Waals surface area contributed by atoms with Crippen LogP contribution in [-0.2, 0) is 7.05 Å². The Kier molecular flexibility index (Phi) is 4.29. The maximum Gasteiger partial charge on any atom is 0.263 e. The van der Waals surface area contributed by atoms with Crippen LogP contribution in [0.3, 0.4) is 0 Å². The van der Waals surface area contributed by atoms with Crippen LogP contribution in [0.4, 0.5) is 0 Å². The zero-order chi connectivity index (χ0) is 13.9. The largest absolute Gasteiger partial charge is 0.345 e. The molecule has 1 atom stereocenters. The van der Waals surface area contributed by atoms with E-state index in [0.717, 1.165) is 0 Å². The minimum Gasteiger partial charge on any atom is -0.345 e. The van der Waals surface area contributed by atoms with Crippen LogP contribution in [0.25, 0.3) is 0 Å². The van der Waals surface area contributed by atoms with E-state index in [1.54, 1.807) is 19.3 Å². The Morgan fingerprint density at radius 2 is 2.17 bits per heavy atom. The molecule has 0 bridgehead atoms. The van der Waals surface area contributed by atoms with E-state index in [0.29, 0.717) is 6.54 Å². The number of hydrogen-bond acceptors (Lipinski definition) is 3. The van der Waals surface area contributed by atoms with Gasteiger partial charge in [0.2, 0.25) is 0 Å². The number of aromatic nitrogens is 1. The van der Waals surface area contributed by atoms with Crippen molar-refractivity contribution in [3.05, 3.63) is 34.2 Å². The van der Waals surface area contributed by atoms with E-state index in [1.807, 2.05) is 20.8 Å². The molecule has 3 N–H and O–H groups in total. The molecule has 0 fully saturated rings. The van der Waals surface area contributed by atoms with E-state index in [2.05, 4.69) is 5.32 Å². The van der Waals surface area contributed by atoms with Gasteiger partial charge >= 0.3 is 0 Å². The topological polar surface area (TPSA) is 77.1 Å². The molecule has 5 heteroatoms. The molecule has 0 aliphatic rings. The monoisotopic (exact) mass is 251 g/mol. The fourth-order valence-corrected chi connectivity index (χ4v) is 1.53. The highest BCUT2D eigenvalue weighted by Crippen LogP contribution is 2.15. The van der Waals surface area contributed by atoms with Crippen molar-refractivity contribution in [2.24, 2.45) is 18.7 Å². The van der Waals surface area contributed by atoms with Gasteiger partial charge in [-0.2, -0.15) is 0 Å². The summed E-state index contributed by atoms with van der Waals surface area (Å²) < 4.78 is 1.38. The van der Waals surface area contributed by atoms with Crippen LogP contribution < -0.4 is 16.6 Å². The summed E-state index contributed by atoms with van der Waals surface area (Å²) in [5, 5.41) is 2.85. The maximum atomic E-state index is 12.1. The lowest BCUT2D eigenvalue weighted by atomic mass is 9.88. The first-order valence-electron chi connectivity index (χ1n) is 6.00. The Hall–Kier alpha value is -1.62. The number of carbonyl (C=O) groups is 1. The van der Waals surface area contributed by atoms with Gasteiger partial charge in [-0.05, 0) is 25.0 Å². The number of pyridine rings is 1. The predicted octanol–water partition coefficient (Wildman–Crippen LogP) is 0.489. The molecule has 1 rings (SSSR count). The molecule has 1 aromatic heterocycles. The van der Waals surface area contributed by atoms with Crippen molar-refractivity contribution in [2.75, 3.05) is 6.54 Å². The van der Waals surface area contributed by atoms with Gasteiger partial charge in [-0.15, -0.1) is 0 Å². The average molecular weight is 251 g/mol. The van der Waals surface area contributed by atoms with E-state index in [-0.39, 0.29) is 22.9 Å². The minimum atomic E-state index is -0.516. The number of nitrogens with one attached hydrogen (secondary N) is 1. The molecule has 1 heterocycles. The Labute approximate surface area is 107 Å². The maximum absolute atomic E-state index is 12.1. The number of aryl methyl sites for hydroxylation is 1. The van der Waals surface area contributed by atoms with Crippen molar-refractivity contribution in [1.82, 2.24) is 9.88 Å². The summed E-state index contributed by atoms with van der Waals surface area (Å²) in [6.07, 6.45) is 1.61. The van der Waals surface area contributed by atoms with Gasteiger partial charge in [0, 0.05) is 19.8 Å². The zero-order valence-electron chi connectivity index (χ0n) is 11.4. The van der Waals surface area contributed by atoms with Gasteiger partial charge in [0.05, 0.1) is 5.54 Å². The normalized spacial score (nSPS) is 14.3. The molecule has 0 saturated heterocycles. The molecular weight excluding hydrogens is 230 g/mol. The van der Waals surface area contributed by atoms with Gasteiger partial charge in [0.1, 0.15) is 5.56 Å². The molecule has 0 saturated carbocycles. The second-order valence-corrected chi connectivity index (χ2v) is 5.07. The lowest BCUT2D eigenvalue weighted by Gasteiger charge is -2.33. The molecule has 5 nitrogen and oxygen atoms in total. The van der Waals surface area contributed by atoms with Crippen LogP contribution in [-0.4, -0.2) is 22.6 Å². The lowest BCUT2D eigenvalue weighted by Crippen LogP contribution is -2.55. The van der Waals surface area contributed by atoms with Crippen LogP contribution in [0.1, 0.15) is 31.1 Å². The highest BCUT2D eigenvalue weighted by molar-refractivity contribution is 5.94.